The molecule has 2 aromatic heterocycles. The van der Waals surface area contributed by atoms with Gasteiger partial charge in [-0.3, -0.25) is 19.7 Å². The lowest BCUT2D eigenvalue weighted by atomic mass is 10.0. The van der Waals surface area contributed by atoms with Gasteiger partial charge in [-0.1, -0.05) is 31.7 Å². The molecule has 2 N–H and O–H groups in total. The molecular weight excluding hydrogens is 478 g/mol. The summed E-state index contributed by atoms with van der Waals surface area (Å²) in [5.74, 6) is -0.00383. The minimum Gasteiger partial charge on any atom is -0.342 e. The summed E-state index contributed by atoms with van der Waals surface area (Å²) in [7, 11) is 0. The van der Waals surface area contributed by atoms with Crippen LogP contribution < -0.4 is 10.6 Å². The maximum absolute atomic E-state index is 12.9. The van der Waals surface area contributed by atoms with E-state index in [0.717, 1.165) is 4.88 Å². The van der Waals surface area contributed by atoms with Crippen molar-refractivity contribution >= 4 is 45.7 Å². The summed E-state index contributed by atoms with van der Waals surface area (Å²) in [4.78, 5) is 40.8. The number of thiazole rings is 1. The van der Waals surface area contributed by atoms with Gasteiger partial charge in [-0.2, -0.15) is 0 Å². The van der Waals surface area contributed by atoms with Crippen LogP contribution in [-0.2, 0) is 11.3 Å². The molecule has 1 atom stereocenters. The Bertz CT molecular complexity index is 1190. The fraction of sp³-hybridized carbons (Fsp3) is 0.381. The van der Waals surface area contributed by atoms with E-state index in [0.29, 0.717) is 22.7 Å². The lowest BCUT2D eigenvalue weighted by Gasteiger charge is -2.22. The molecule has 1 aromatic carbocycles. The lowest BCUT2D eigenvalue weighted by Crippen LogP contribution is -2.33. The van der Waals surface area contributed by atoms with Crippen molar-refractivity contribution in [3.63, 3.8) is 0 Å². The number of carbonyl (C=O) groups excluding carboxylic acids is 2. The predicted octanol–water partition coefficient (Wildman–Crippen LogP) is 3.83. The maximum Gasteiger partial charge on any atom is 0.270 e. The van der Waals surface area contributed by atoms with Gasteiger partial charge in [0, 0.05) is 35.3 Å². The summed E-state index contributed by atoms with van der Waals surface area (Å²) in [6.07, 6.45) is 1.70. The molecule has 2 amide bonds. The first-order valence-corrected chi connectivity index (χ1v) is 12.3. The first-order chi connectivity index (χ1) is 16.2. The normalized spacial score (nSPS) is 11.9. The Morgan fingerprint density at radius 2 is 2.06 bits per heavy atom. The molecule has 11 nitrogen and oxygen atoms in total. The zero-order valence-corrected chi connectivity index (χ0v) is 20.8. The number of hydrogen-bond donors (Lipinski definition) is 2. The van der Waals surface area contributed by atoms with Crippen molar-refractivity contribution < 1.29 is 14.5 Å². The summed E-state index contributed by atoms with van der Waals surface area (Å²) in [6.45, 7) is 8.24. The molecule has 0 fully saturated rings. The zero-order valence-electron chi connectivity index (χ0n) is 19.1. The number of anilines is 1. The largest absolute Gasteiger partial charge is 0.342 e. The second kappa shape index (κ2) is 11.2. The number of benzene rings is 1. The molecule has 34 heavy (non-hydrogen) atoms. The number of thioether (sulfide) groups is 1. The SMILES string of the molecule is CCn1c(SCC(=O)Nc2ncc(C)s2)nnc1[C@@H](NC(=O)c1cccc([N+](=O)[O-])c1)C(C)C. The maximum atomic E-state index is 12.9. The number of hydrogen-bond acceptors (Lipinski definition) is 9. The monoisotopic (exact) mass is 503 g/mol. The molecule has 0 saturated carbocycles. The number of carbonyl (C=O) groups is 2. The van der Waals surface area contributed by atoms with Crippen molar-refractivity contribution in [1.29, 1.82) is 0 Å². The van der Waals surface area contributed by atoms with Gasteiger partial charge in [0.05, 0.1) is 16.7 Å². The molecule has 0 bridgehead atoms. The minimum absolute atomic E-state index is 0.0357. The molecule has 0 saturated heterocycles. The van der Waals surface area contributed by atoms with Crippen molar-refractivity contribution in [2.24, 2.45) is 5.92 Å². The van der Waals surface area contributed by atoms with Crippen molar-refractivity contribution in [2.75, 3.05) is 11.1 Å². The number of nitrogens with zero attached hydrogens (tertiary/aromatic N) is 5. The van der Waals surface area contributed by atoms with Gasteiger partial charge in [0.15, 0.2) is 16.1 Å². The van der Waals surface area contributed by atoms with Crippen molar-refractivity contribution in [3.8, 4) is 0 Å². The Balaban J connectivity index is 1.73. The summed E-state index contributed by atoms with van der Waals surface area (Å²) >= 11 is 2.64. The van der Waals surface area contributed by atoms with E-state index in [1.54, 1.807) is 6.20 Å². The number of amides is 2. The first kappa shape index (κ1) is 25.3. The van der Waals surface area contributed by atoms with E-state index in [2.05, 4.69) is 25.8 Å². The van der Waals surface area contributed by atoms with Crippen LogP contribution in [-0.4, -0.2) is 42.2 Å². The average molecular weight is 504 g/mol. The van der Waals surface area contributed by atoms with Gasteiger partial charge in [0.2, 0.25) is 5.91 Å². The van der Waals surface area contributed by atoms with E-state index < -0.39 is 16.9 Å². The molecule has 13 heteroatoms. The van der Waals surface area contributed by atoms with Crippen molar-refractivity contribution in [2.45, 2.75) is 45.4 Å². The van der Waals surface area contributed by atoms with Crippen LogP contribution in [0.4, 0.5) is 10.8 Å². The van der Waals surface area contributed by atoms with Gasteiger partial charge in [-0.25, -0.2) is 4.98 Å². The van der Waals surface area contributed by atoms with Gasteiger partial charge in [-0.05, 0) is 25.8 Å². The minimum atomic E-state index is -0.542. The van der Waals surface area contributed by atoms with Crippen molar-refractivity contribution in [3.05, 3.63) is 56.8 Å². The third-order valence-corrected chi connectivity index (χ3v) is 6.61. The van der Waals surface area contributed by atoms with Crippen LogP contribution in [0.25, 0.3) is 0 Å². The molecule has 0 aliphatic heterocycles. The summed E-state index contributed by atoms with van der Waals surface area (Å²) < 4.78 is 1.85. The van der Waals surface area contributed by atoms with Crippen LogP contribution in [0.5, 0.6) is 0 Å². The molecule has 0 unspecified atom stereocenters. The van der Waals surface area contributed by atoms with Crippen LogP contribution in [0.2, 0.25) is 0 Å². The van der Waals surface area contributed by atoms with E-state index in [-0.39, 0.29) is 28.8 Å². The highest BCUT2D eigenvalue weighted by Crippen LogP contribution is 2.26. The Kier molecular flexibility index (Phi) is 8.34. The Hall–Kier alpha value is -3.32. The van der Waals surface area contributed by atoms with Crippen LogP contribution in [0.15, 0.2) is 35.6 Å². The molecule has 0 aliphatic rings. The molecule has 0 spiro atoms. The lowest BCUT2D eigenvalue weighted by molar-refractivity contribution is -0.384. The Morgan fingerprint density at radius 3 is 2.68 bits per heavy atom. The topological polar surface area (TPSA) is 145 Å². The highest BCUT2D eigenvalue weighted by atomic mass is 32.2. The molecule has 3 aromatic rings. The fourth-order valence-electron chi connectivity index (χ4n) is 3.15. The fourth-order valence-corrected chi connectivity index (χ4v) is 4.64. The zero-order chi connectivity index (χ0) is 24.8. The number of non-ortho nitro benzene ring substituents is 1. The third kappa shape index (κ3) is 6.17. The molecule has 0 aliphatic carbocycles. The Labute approximate surface area is 204 Å². The van der Waals surface area contributed by atoms with E-state index in [9.17, 15) is 19.7 Å². The van der Waals surface area contributed by atoms with Crippen LogP contribution >= 0.6 is 23.1 Å². The van der Waals surface area contributed by atoms with E-state index in [1.165, 1.54) is 47.4 Å². The quantitative estimate of drug-likeness (QED) is 0.241. The van der Waals surface area contributed by atoms with Gasteiger partial charge in [0.25, 0.3) is 11.6 Å². The predicted molar refractivity (Wildman–Crippen MR) is 130 cm³/mol. The van der Waals surface area contributed by atoms with E-state index in [4.69, 9.17) is 0 Å². The molecule has 180 valence electrons. The van der Waals surface area contributed by atoms with Gasteiger partial charge in [-0.15, -0.1) is 21.5 Å². The smallest absolute Gasteiger partial charge is 0.270 e. The Morgan fingerprint density at radius 1 is 1.29 bits per heavy atom. The van der Waals surface area contributed by atoms with Crippen LogP contribution in [0.3, 0.4) is 0 Å². The average Bonchev–Trinajstić information content (AvgIpc) is 3.40. The first-order valence-electron chi connectivity index (χ1n) is 10.5. The highest BCUT2D eigenvalue weighted by Gasteiger charge is 2.26. The van der Waals surface area contributed by atoms with Crippen LogP contribution in [0.1, 0.15) is 47.9 Å². The summed E-state index contributed by atoms with van der Waals surface area (Å²) in [5, 5.41) is 26.4. The molecule has 2 heterocycles. The summed E-state index contributed by atoms with van der Waals surface area (Å²) in [5.41, 5.74) is 0.0291. The number of nitro groups is 1. The van der Waals surface area contributed by atoms with Gasteiger partial charge >= 0.3 is 0 Å². The number of nitrogens with one attached hydrogen (secondary N) is 2. The second-order valence-electron chi connectivity index (χ2n) is 7.70. The van der Waals surface area contributed by atoms with Gasteiger partial charge < -0.3 is 15.2 Å². The van der Waals surface area contributed by atoms with Gasteiger partial charge in [0.1, 0.15) is 0 Å². The third-order valence-electron chi connectivity index (χ3n) is 4.81. The highest BCUT2D eigenvalue weighted by molar-refractivity contribution is 7.99. The summed E-state index contributed by atoms with van der Waals surface area (Å²) in [6, 6.07) is 5.08. The molecular formula is C21H25N7O4S2. The molecule has 3 rings (SSSR count). The number of aromatic nitrogens is 4. The van der Waals surface area contributed by atoms with Crippen LogP contribution in [0, 0.1) is 23.0 Å². The number of nitro benzene ring substituents is 1. The van der Waals surface area contributed by atoms with E-state index >= 15 is 0 Å². The number of rotatable bonds is 10. The standard InChI is InChI=1S/C21H25N7O4S2/c1-5-27-18(25-26-21(27)33-11-16(29)23-20-22-10-13(4)34-20)17(12(2)3)24-19(30)14-7-6-8-15(9-14)28(31)32/h6-10,12,17H,5,11H2,1-4H3,(H,24,30)(H,22,23,29)/t17-/m0/s1. The second-order valence-corrected chi connectivity index (χ2v) is 9.88. The van der Waals surface area contributed by atoms with Crippen molar-refractivity contribution in [1.82, 2.24) is 25.1 Å². The van der Waals surface area contributed by atoms with E-state index in [1.807, 2.05) is 32.3 Å². The molecule has 0 radical (unpaired) electrons. The number of aryl methyl sites for hydroxylation is 1.